The van der Waals surface area contributed by atoms with Crippen molar-refractivity contribution in [3.05, 3.63) is 80.5 Å². The third-order valence-electron chi connectivity index (χ3n) is 6.11. The average Bonchev–Trinajstić information content (AvgIpc) is 3.27. The predicted molar refractivity (Wildman–Crippen MR) is 146 cm³/mol. The number of thioether (sulfide) groups is 1. The number of carbonyl (C=O) groups excluding carboxylic acids is 1. The molecule has 184 valence electrons. The highest BCUT2D eigenvalue weighted by Gasteiger charge is 2.23. The molecule has 5 rings (SSSR count). The highest BCUT2D eigenvalue weighted by Crippen LogP contribution is 2.35. The summed E-state index contributed by atoms with van der Waals surface area (Å²) >= 11 is 2.84. The molecule has 1 aliphatic rings. The van der Waals surface area contributed by atoms with Gasteiger partial charge in [0, 0.05) is 10.4 Å². The molecular formula is C27H26N4O3S2. The summed E-state index contributed by atoms with van der Waals surface area (Å²) in [6.45, 7) is 2.01. The number of nitrogens with zero attached hydrogens (tertiary/aromatic N) is 3. The molecule has 1 aliphatic carbocycles. The molecule has 0 atom stereocenters. The van der Waals surface area contributed by atoms with E-state index < -0.39 is 0 Å². The average molecular weight is 519 g/mol. The maximum atomic E-state index is 13.8. The molecule has 9 heteroatoms. The Morgan fingerprint density at radius 3 is 2.78 bits per heavy atom. The molecule has 36 heavy (non-hydrogen) atoms. The topological polar surface area (TPSA) is 85.6 Å². The van der Waals surface area contributed by atoms with Crippen LogP contribution in [0.4, 0.5) is 0 Å². The number of benzene rings is 2. The van der Waals surface area contributed by atoms with E-state index in [2.05, 4.69) is 10.5 Å². The van der Waals surface area contributed by atoms with Gasteiger partial charge >= 0.3 is 0 Å². The van der Waals surface area contributed by atoms with Gasteiger partial charge in [-0.15, -0.1) is 11.3 Å². The SMILES string of the molecule is COc1ccccc1/C=N\NC(=O)CSc1nc2sc3c(c2c(=O)n1-c1ccc(C)cc1)CCCC3. The van der Waals surface area contributed by atoms with Gasteiger partial charge in [-0.2, -0.15) is 5.10 Å². The molecule has 0 aliphatic heterocycles. The van der Waals surface area contributed by atoms with Crippen LogP contribution in [0.5, 0.6) is 5.75 Å². The Morgan fingerprint density at radius 1 is 1.19 bits per heavy atom. The van der Waals surface area contributed by atoms with Crippen molar-refractivity contribution in [1.82, 2.24) is 15.0 Å². The molecule has 1 N–H and O–H groups in total. The van der Waals surface area contributed by atoms with E-state index in [4.69, 9.17) is 9.72 Å². The summed E-state index contributed by atoms with van der Waals surface area (Å²) in [5.41, 5.74) is 6.25. The number of nitrogens with one attached hydrogen (secondary N) is 1. The van der Waals surface area contributed by atoms with E-state index in [1.54, 1.807) is 29.2 Å². The molecule has 0 saturated carbocycles. The first-order valence-corrected chi connectivity index (χ1v) is 13.6. The minimum atomic E-state index is -0.290. The smallest absolute Gasteiger partial charge is 0.267 e. The van der Waals surface area contributed by atoms with Crippen molar-refractivity contribution in [2.75, 3.05) is 12.9 Å². The van der Waals surface area contributed by atoms with Crippen molar-refractivity contribution in [3.63, 3.8) is 0 Å². The number of amides is 1. The van der Waals surface area contributed by atoms with Crippen LogP contribution < -0.4 is 15.7 Å². The lowest BCUT2D eigenvalue weighted by Gasteiger charge is -2.13. The first-order valence-electron chi connectivity index (χ1n) is 11.8. The summed E-state index contributed by atoms with van der Waals surface area (Å²) in [7, 11) is 1.59. The summed E-state index contributed by atoms with van der Waals surface area (Å²) in [4.78, 5) is 33.2. The number of aryl methyl sites for hydroxylation is 3. The van der Waals surface area contributed by atoms with Gasteiger partial charge in [-0.05, 0) is 62.4 Å². The summed E-state index contributed by atoms with van der Waals surface area (Å²) in [6.07, 6.45) is 5.69. The summed E-state index contributed by atoms with van der Waals surface area (Å²) in [6, 6.07) is 15.2. The van der Waals surface area contributed by atoms with E-state index in [1.807, 2.05) is 55.5 Å². The van der Waals surface area contributed by atoms with Crippen LogP contribution in [0.2, 0.25) is 0 Å². The number of aromatic nitrogens is 2. The van der Waals surface area contributed by atoms with Crippen LogP contribution in [-0.2, 0) is 17.6 Å². The van der Waals surface area contributed by atoms with Crippen LogP contribution in [0, 0.1) is 6.92 Å². The molecule has 2 aromatic carbocycles. The lowest BCUT2D eigenvalue weighted by Crippen LogP contribution is -2.24. The van der Waals surface area contributed by atoms with Gasteiger partial charge < -0.3 is 4.74 Å². The van der Waals surface area contributed by atoms with Crippen molar-refractivity contribution < 1.29 is 9.53 Å². The summed E-state index contributed by atoms with van der Waals surface area (Å²) in [5, 5.41) is 5.29. The number of rotatable bonds is 7. The fourth-order valence-electron chi connectivity index (χ4n) is 4.31. The van der Waals surface area contributed by atoms with Crippen molar-refractivity contribution >= 4 is 45.4 Å². The molecule has 2 heterocycles. The van der Waals surface area contributed by atoms with E-state index in [9.17, 15) is 9.59 Å². The largest absolute Gasteiger partial charge is 0.496 e. The third kappa shape index (κ3) is 4.94. The molecule has 7 nitrogen and oxygen atoms in total. The van der Waals surface area contributed by atoms with E-state index >= 15 is 0 Å². The van der Waals surface area contributed by atoms with E-state index in [0.29, 0.717) is 10.9 Å². The Balaban J connectivity index is 1.42. The molecule has 0 fully saturated rings. The molecule has 1 amide bonds. The van der Waals surface area contributed by atoms with Crippen LogP contribution in [0.15, 0.2) is 63.6 Å². The zero-order valence-electron chi connectivity index (χ0n) is 20.1. The summed E-state index contributed by atoms with van der Waals surface area (Å²) < 4.78 is 6.94. The number of hydrogen-bond acceptors (Lipinski definition) is 7. The van der Waals surface area contributed by atoms with Crippen molar-refractivity contribution in [2.45, 2.75) is 37.8 Å². The van der Waals surface area contributed by atoms with Gasteiger partial charge in [-0.25, -0.2) is 10.4 Å². The van der Waals surface area contributed by atoms with Gasteiger partial charge in [-0.3, -0.25) is 14.2 Å². The highest BCUT2D eigenvalue weighted by molar-refractivity contribution is 7.99. The highest BCUT2D eigenvalue weighted by atomic mass is 32.2. The van der Waals surface area contributed by atoms with Crippen LogP contribution >= 0.6 is 23.1 Å². The molecule has 0 bridgehead atoms. The fraction of sp³-hybridized carbons (Fsp3) is 0.259. The van der Waals surface area contributed by atoms with Crippen LogP contribution in [0.1, 0.15) is 34.4 Å². The van der Waals surface area contributed by atoms with Crippen molar-refractivity contribution in [3.8, 4) is 11.4 Å². The second kappa shape index (κ2) is 10.7. The number of carbonyl (C=O) groups is 1. The maximum Gasteiger partial charge on any atom is 0.267 e. The van der Waals surface area contributed by atoms with E-state index in [1.165, 1.54) is 16.6 Å². The maximum absolute atomic E-state index is 13.8. The molecule has 0 spiro atoms. The Bertz CT molecular complexity index is 1510. The number of ether oxygens (including phenoxy) is 1. The normalized spacial score (nSPS) is 13.2. The number of thiophene rings is 1. The number of para-hydroxylation sites is 1. The Labute approximate surface area is 217 Å². The zero-order valence-corrected chi connectivity index (χ0v) is 21.7. The van der Waals surface area contributed by atoms with Crippen molar-refractivity contribution in [2.24, 2.45) is 5.10 Å². The van der Waals surface area contributed by atoms with Crippen LogP contribution in [0.3, 0.4) is 0 Å². The number of hydrogen-bond donors (Lipinski definition) is 1. The van der Waals surface area contributed by atoms with Crippen LogP contribution in [-0.4, -0.2) is 34.5 Å². The predicted octanol–water partition coefficient (Wildman–Crippen LogP) is 4.89. The molecule has 0 unspecified atom stereocenters. The minimum Gasteiger partial charge on any atom is -0.496 e. The van der Waals surface area contributed by atoms with Gasteiger partial charge in [0.2, 0.25) is 0 Å². The number of fused-ring (bicyclic) bond motifs is 3. The summed E-state index contributed by atoms with van der Waals surface area (Å²) in [5.74, 6) is 0.447. The fourth-order valence-corrected chi connectivity index (χ4v) is 6.42. The van der Waals surface area contributed by atoms with Gasteiger partial charge in [-0.1, -0.05) is 41.6 Å². The second-order valence-electron chi connectivity index (χ2n) is 8.59. The second-order valence-corrected chi connectivity index (χ2v) is 10.6. The van der Waals surface area contributed by atoms with Gasteiger partial charge in [0.15, 0.2) is 5.16 Å². The van der Waals surface area contributed by atoms with Gasteiger partial charge in [0.1, 0.15) is 10.6 Å². The van der Waals surface area contributed by atoms with E-state index in [-0.39, 0.29) is 17.2 Å². The monoisotopic (exact) mass is 518 g/mol. The molecular weight excluding hydrogens is 492 g/mol. The molecule has 0 saturated heterocycles. The van der Waals surface area contributed by atoms with Gasteiger partial charge in [0.25, 0.3) is 11.5 Å². The minimum absolute atomic E-state index is 0.0676. The standard InChI is InChI=1S/C27H26N4O3S2/c1-17-11-13-19(14-12-17)31-26(33)24-20-8-4-6-10-22(20)36-25(24)29-27(31)35-16-23(32)30-28-15-18-7-3-5-9-21(18)34-2/h3,5,7,9,11-15H,4,6,8,10,16H2,1-2H3,(H,30,32)/b28-15-. The lowest BCUT2D eigenvalue weighted by molar-refractivity contribution is -0.118. The first kappa shape index (κ1) is 24.3. The van der Waals surface area contributed by atoms with Gasteiger partial charge in [0.05, 0.1) is 30.2 Å². The number of methoxy groups -OCH3 is 1. The quantitative estimate of drug-likeness (QED) is 0.163. The van der Waals surface area contributed by atoms with Crippen LogP contribution in [0.25, 0.3) is 15.9 Å². The molecule has 4 aromatic rings. The first-order chi connectivity index (χ1) is 17.5. The van der Waals surface area contributed by atoms with Crippen molar-refractivity contribution in [1.29, 1.82) is 0 Å². The Kier molecular flexibility index (Phi) is 7.20. The zero-order chi connectivity index (χ0) is 25.1. The van der Waals surface area contributed by atoms with E-state index in [0.717, 1.165) is 58.3 Å². The third-order valence-corrected chi connectivity index (χ3v) is 8.24. The lowest BCUT2D eigenvalue weighted by atomic mass is 9.97. The Morgan fingerprint density at radius 2 is 1.97 bits per heavy atom. The molecule has 0 radical (unpaired) electrons. The number of hydrazone groups is 1. The molecule has 2 aromatic heterocycles. The Hall–Kier alpha value is -3.43.